The van der Waals surface area contributed by atoms with Crippen LogP contribution in [0.15, 0.2) is 54.7 Å². The quantitative estimate of drug-likeness (QED) is 0.628. The molecule has 26 heavy (non-hydrogen) atoms. The van der Waals surface area contributed by atoms with Gasteiger partial charge in [-0.3, -0.25) is 9.20 Å². The van der Waals surface area contributed by atoms with E-state index in [1.165, 1.54) is 18.2 Å². The molecular formula is C20H17ClFN3O. The van der Waals surface area contributed by atoms with Crippen molar-refractivity contribution in [2.45, 2.75) is 25.4 Å². The van der Waals surface area contributed by atoms with Crippen LogP contribution in [-0.2, 0) is 11.3 Å². The van der Waals surface area contributed by atoms with E-state index in [0.717, 1.165) is 24.1 Å². The van der Waals surface area contributed by atoms with E-state index >= 15 is 0 Å². The van der Waals surface area contributed by atoms with Crippen LogP contribution in [0.5, 0.6) is 0 Å². The summed E-state index contributed by atoms with van der Waals surface area (Å²) in [4.78, 5) is 18.8. The first kappa shape index (κ1) is 16.8. The Bertz CT molecular complexity index is 976. The van der Waals surface area contributed by atoms with Crippen LogP contribution >= 0.6 is 11.6 Å². The number of hydrogen-bond donors (Lipinski definition) is 0. The molecule has 1 aliphatic rings. The minimum Gasteiger partial charge on any atom is -0.332 e. The number of rotatable bonds is 5. The highest BCUT2D eigenvalue weighted by Crippen LogP contribution is 2.29. The van der Waals surface area contributed by atoms with Crippen molar-refractivity contribution in [2.75, 3.05) is 0 Å². The zero-order chi connectivity index (χ0) is 18.1. The van der Waals surface area contributed by atoms with Crippen LogP contribution in [0.3, 0.4) is 0 Å². The SMILES string of the molecule is O=C(/C=C/c1c(Cl)nc2ccccn12)N(Cc1ccc(F)cc1)C1CC1. The smallest absolute Gasteiger partial charge is 0.247 e. The maximum atomic E-state index is 13.1. The van der Waals surface area contributed by atoms with Crippen LogP contribution in [0.4, 0.5) is 4.39 Å². The Kier molecular flexibility index (Phi) is 4.47. The summed E-state index contributed by atoms with van der Waals surface area (Å²) in [5.41, 5.74) is 2.32. The molecule has 1 aliphatic carbocycles. The Morgan fingerprint density at radius 2 is 2.04 bits per heavy atom. The number of amides is 1. The minimum atomic E-state index is -0.278. The first-order chi connectivity index (χ1) is 12.6. The Balaban J connectivity index is 1.55. The Hall–Kier alpha value is -2.66. The van der Waals surface area contributed by atoms with E-state index in [2.05, 4.69) is 4.98 Å². The van der Waals surface area contributed by atoms with Gasteiger partial charge < -0.3 is 4.90 Å². The molecule has 0 radical (unpaired) electrons. The van der Waals surface area contributed by atoms with E-state index in [4.69, 9.17) is 11.6 Å². The van der Waals surface area contributed by atoms with Gasteiger partial charge in [0, 0.05) is 24.9 Å². The van der Waals surface area contributed by atoms with Gasteiger partial charge >= 0.3 is 0 Å². The zero-order valence-corrected chi connectivity index (χ0v) is 14.7. The summed E-state index contributed by atoms with van der Waals surface area (Å²) in [6.45, 7) is 0.467. The molecule has 0 saturated heterocycles. The molecule has 2 aromatic heterocycles. The summed E-state index contributed by atoms with van der Waals surface area (Å²) in [6, 6.07) is 12.1. The van der Waals surface area contributed by atoms with E-state index in [1.54, 1.807) is 18.2 Å². The van der Waals surface area contributed by atoms with Crippen molar-refractivity contribution in [1.29, 1.82) is 0 Å². The van der Waals surface area contributed by atoms with E-state index in [0.29, 0.717) is 17.4 Å². The number of benzene rings is 1. The van der Waals surface area contributed by atoms with Gasteiger partial charge in [-0.05, 0) is 48.7 Å². The molecule has 4 rings (SSSR count). The number of nitrogens with zero attached hydrogens (tertiary/aromatic N) is 3. The van der Waals surface area contributed by atoms with Gasteiger partial charge in [0.2, 0.25) is 5.91 Å². The second-order valence-electron chi connectivity index (χ2n) is 6.37. The summed E-state index contributed by atoms with van der Waals surface area (Å²) >= 11 is 6.21. The van der Waals surface area contributed by atoms with Crippen molar-refractivity contribution in [3.05, 3.63) is 77.0 Å². The number of halogens is 2. The van der Waals surface area contributed by atoms with Gasteiger partial charge in [0.1, 0.15) is 11.5 Å². The topological polar surface area (TPSA) is 37.6 Å². The van der Waals surface area contributed by atoms with Crippen LogP contribution in [0.1, 0.15) is 24.1 Å². The molecule has 0 atom stereocenters. The molecule has 0 spiro atoms. The summed E-state index contributed by atoms with van der Waals surface area (Å²) in [6.07, 6.45) is 7.08. The Morgan fingerprint density at radius 1 is 1.27 bits per heavy atom. The number of fused-ring (bicyclic) bond motifs is 1. The maximum absolute atomic E-state index is 13.1. The summed E-state index contributed by atoms with van der Waals surface area (Å²) in [7, 11) is 0. The molecule has 0 bridgehead atoms. The van der Waals surface area contributed by atoms with E-state index in [1.807, 2.05) is 33.7 Å². The van der Waals surface area contributed by atoms with Crippen molar-refractivity contribution in [2.24, 2.45) is 0 Å². The van der Waals surface area contributed by atoms with Crippen LogP contribution < -0.4 is 0 Å². The molecule has 0 unspecified atom stereocenters. The number of imidazole rings is 1. The normalized spacial score (nSPS) is 14.2. The second kappa shape index (κ2) is 6.92. The number of carbonyl (C=O) groups excluding carboxylic acids is 1. The highest BCUT2D eigenvalue weighted by Gasteiger charge is 2.31. The Labute approximate surface area is 155 Å². The van der Waals surface area contributed by atoms with E-state index < -0.39 is 0 Å². The summed E-state index contributed by atoms with van der Waals surface area (Å²) in [5, 5.41) is 0.358. The predicted molar refractivity (Wildman–Crippen MR) is 99.2 cm³/mol. The first-order valence-corrected chi connectivity index (χ1v) is 8.85. The van der Waals surface area contributed by atoms with Crippen LogP contribution in [0.25, 0.3) is 11.7 Å². The third-order valence-corrected chi connectivity index (χ3v) is 4.72. The molecule has 1 fully saturated rings. The molecule has 3 aromatic rings. The van der Waals surface area contributed by atoms with Gasteiger partial charge in [-0.25, -0.2) is 9.37 Å². The van der Waals surface area contributed by atoms with Gasteiger partial charge in [0.15, 0.2) is 5.15 Å². The van der Waals surface area contributed by atoms with Crippen molar-refractivity contribution in [1.82, 2.24) is 14.3 Å². The van der Waals surface area contributed by atoms with Gasteiger partial charge in [-0.1, -0.05) is 29.8 Å². The average Bonchev–Trinajstić information content (AvgIpc) is 3.42. The molecule has 2 heterocycles. The van der Waals surface area contributed by atoms with Crippen LogP contribution in [0.2, 0.25) is 5.15 Å². The lowest BCUT2D eigenvalue weighted by Gasteiger charge is -2.21. The number of carbonyl (C=O) groups is 1. The molecule has 4 nitrogen and oxygen atoms in total. The number of pyridine rings is 1. The summed E-state index contributed by atoms with van der Waals surface area (Å²) in [5.74, 6) is -0.362. The molecule has 6 heteroatoms. The standard InChI is InChI=1S/C20H17ClFN3O/c21-20-17(24-12-2-1-3-18(24)23-20)10-11-19(26)25(16-8-9-16)13-14-4-6-15(22)7-5-14/h1-7,10-12,16H,8-9,13H2/b11-10+. The van der Waals surface area contributed by atoms with Crippen molar-refractivity contribution in [3.8, 4) is 0 Å². The van der Waals surface area contributed by atoms with Crippen molar-refractivity contribution < 1.29 is 9.18 Å². The number of aromatic nitrogens is 2. The summed E-state index contributed by atoms with van der Waals surface area (Å²) < 4.78 is 14.9. The van der Waals surface area contributed by atoms with Crippen molar-refractivity contribution >= 4 is 29.2 Å². The lowest BCUT2D eigenvalue weighted by Crippen LogP contribution is -2.31. The lowest BCUT2D eigenvalue weighted by atomic mass is 10.2. The van der Waals surface area contributed by atoms with Gasteiger partial charge in [-0.2, -0.15) is 0 Å². The predicted octanol–water partition coefficient (Wildman–Crippen LogP) is 4.33. The largest absolute Gasteiger partial charge is 0.332 e. The molecule has 1 aromatic carbocycles. The van der Waals surface area contributed by atoms with Gasteiger partial charge in [0.05, 0.1) is 5.69 Å². The third-order valence-electron chi connectivity index (χ3n) is 4.44. The number of hydrogen-bond acceptors (Lipinski definition) is 2. The monoisotopic (exact) mass is 369 g/mol. The third kappa shape index (κ3) is 3.48. The average molecular weight is 370 g/mol. The highest BCUT2D eigenvalue weighted by atomic mass is 35.5. The molecule has 1 saturated carbocycles. The van der Waals surface area contributed by atoms with Crippen LogP contribution in [-0.4, -0.2) is 26.2 Å². The van der Waals surface area contributed by atoms with Gasteiger partial charge in [0.25, 0.3) is 0 Å². The zero-order valence-electron chi connectivity index (χ0n) is 14.0. The van der Waals surface area contributed by atoms with Crippen molar-refractivity contribution in [3.63, 3.8) is 0 Å². The van der Waals surface area contributed by atoms with Gasteiger partial charge in [-0.15, -0.1) is 0 Å². The maximum Gasteiger partial charge on any atom is 0.247 e. The fourth-order valence-corrected chi connectivity index (χ4v) is 3.18. The molecule has 0 aliphatic heterocycles. The highest BCUT2D eigenvalue weighted by molar-refractivity contribution is 6.31. The van der Waals surface area contributed by atoms with Crippen LogP contribution in [0, 0.1) is 5.82 Å². The Morgan fingerprint density at radius 3 is 2.77 bits per heavy atom. The fraction of sp³-hybridized carbons (Fsp3) is 0.200. The van der Waals surface area contributed by atoms with E-state index in [9.17, 15) is 9.18 Å². The second-order valence-corrected chi connectivity index (χ2v) is 6.73. The molecule has 132 valence electrons. The molecule has 1 amide bonds. The minimum absolute atomic E-state index is 0.0845. The molecular weight excluding hydrogens is 353 g/mol. The molecule has 0 N–H and O–H groups in total. The van der Waals surface area contributed by atoms with E-state index in [-0.39, 0.29) is 17.8 Å². The fourth-order valence-electron chi connectivity index (χ4n) is 2.94. The lowest BCUT2D eigenvalue weighted by molar-refractivity contribution is -0.127. The first-order valence-electron chi connectivity index (χ1n) is 8.47.